The maximum absolute atomic E-state index is 2.49. The van der Waals surface area contributed by atoms with Gasteiger partial charge in [0.05, 0.1) is 0 Å². The standard InChI is InChI=1S/C34H26/c1-21-23-13-6-7-16-26(23)33(27-17-10-12-22-11-4-5-14-24(22)27)30-19-29-25-15-8-9-18-31(25)34(2,3)32(29)20-28(21)30/h4-20H,1-3H3. The summed E-state index contributed by atoms with van der Waals surface area (Å²) in [5.74, 6) is 0. The van der Waals surface area contributed by atoms with Gasteiger partial charge in [0.2, 0.25) is 0 Å². The molecule has 0 amide bonds. The van der Waals surface area contributed by atoms with Crippen LogP contribution in [-0.2, 0) is 5.41 Å². The molecule has 0 saturated heterocycles. The fourth-order valence-electron chi connectivity index (χ4n) is 6.32. The first kappa shape index (κ1) is 19.6. The Balaban J connectivity index is 1.71. The van der Waals surface area contributed by atoms with Crippen molar-refractivity contribution >= 4 is 32.3 Å². The number of hydrogen-bond acceptors (Lipinski definition) is 0. The van der Waals surface area contributed by atoms with Gasteiger partial charge in [-0.3, -0.25) is 0 Å². The Hall–Kier alpha value is -3.90. The molecule has 0 bridgehead atoms. The van der Waals surface area contributed by atoms with E-state index in [0.29, 0.717) is 0 Å². The number of aryl methyl sites for hydroxylation is 1. The van der Waals surface area contributed by atoms with Crippen LogP contribution < -0.4 is 0 Å². The Morgan fingerprint density at radius 2 is 1.12 bits per heavy atom. The van der Waals surface area contributed by atoms with E-state index in [4.69, 9.17) is 0 Å². The van der Waals surface area contributed by atoms with Crippen LogP contribution in [0, 0.1) is 6.92 Å². The average molecular weight is 435 g/mol. The van der Waals surface area contributed by atoms with Crippen molar-refractivity contribution in [3.8, 4) is 22.3 Å². The predicted octanol–water partition coefficient (Wildman–Crippen LogP) is 9.43. The van der Waals surface area contributed by atoms with Crippen molar-refractivity contribution in [1.82, 2.24) is 0 Å². The summed E-state index contributed by atoms with van der Waals surface area (Å²) < 4.78 is 0. The van der Waals surface area contributed by atoms with E-state index in [1.165, 1.54) is 71.3 Å². The van der Waals surface area contributed by atoms with Crippen molar-refractivity contribution in [2.24, 2.45) is 0 Å². The third-order valence-corrected chi connectivity index (χ3v) is 8.05. The summed E-state index contributed by atoms with van der Waals surface area (Å²) in [6.07, 6.45) is 0. The molecule has 0 N–H and O–H groups in total. The van der Waals surface area contributed by atoms with Crippen LogP contribution in [0.2, 0.25) is 0 Å². The molecule has 34 heavy (non-hydrogen) atoms. The lowest BCUT2D eigenvalue weighted by atomic mass is 9.80. The third kappa shape index (κ3) is 2.49. The number of benzene rings is 6. The lowest BCUT2D eigenvalue weighted by molar-refractivity contribution is 0.661. The Morgan fingerprint density at radius 3 is 1.97 bits per heavy atom. The van der Waals surface area contributed by atoms with Crippen LogP contribution >= 0.6 is 0 Å². The fourth-order valence-corrected chi connectivity index (χ4v) is 6.32. The molecule has 6 aromatic carbocycles. The van der Waals surface area contributed by atoms with Gasteiger partial charge >= 0.3 is 0 Å². The van der Waals surface area contributed by atoms with Crippen molar-refractivity contribution in [3.63, 3.8) is 0 Å². The second-order valence-corrected chi connectivity index (χ2v) is 10.2. The van der Waals surface area contributed by atoms with Crippen LogP contribution in [0.5, 0.6) is 0 Å². The highest BCUT2D eigenvalue weighted by atomic mass is 14.4. The molecule has 0 aromatic heterocycles. The van der Waals surface area contributed by atoms with Gasteiger partial charge in [-0.2, -0.15) is 0 Å². The minimum atomic E-state index is -0.00217. The molecule has 7 rings (SSSR count). The summed E-state index contributed by atoms with van der Waals surface area (Å²) in [6, 6.07) is 38.3. The highest BCUT2D eigenvalue weighted by Crippen LogP contribution is 2.52. The molecule has 0 radical (unpaired) electrons. The lowest BCUT2D eigenvalue weighted by Gasteiger charge is -2.23. The van der Waals surface area contributed by atoms with E-state index in [9.17, 15) is 0 Å². The Bertz CT molecular complexity index is 1780. The van der Waals surface area contributed by atoms with E-state index in [1.54, 1.807) is 0 Å². The zero-order valence-electron chi connectivity index (χ0n) is 19.8. The highest BCUT2D eigenvalue weighted by molar-refractivity contribution is 6.19. The van der Waals surface area contributed by atoms with Crippen molar-refractivity contribution < 1.29 is 0 Å². The van der Waals surface area contributed by atoms with E-state index in [0.717, 1.165) is 0 Å². The van der Waals surface area contributed by atoms with Gasteiger partial charge in [-0.05, 0) is 90.3 Å². The largest absolute Gasteiger partial charge is 0.0619 e. The molecular weight excluding hydrogens is 408 g/mol. The van der Waals surface area contributed by atoms with Crippen molar-refractivity contribution in [2.75, 3.05) is 0 Å². The topological polar surface area (TPSA) is 0 Å². The van der Waals surface area contributed by atoms with E-state index < -0.39 is 0 Å². The minimum Gasteiger partial charge on any atom is -0.0619 e. The van der Waals surface area contributed by atoms with Crippen molar-refractivity contribution in [1.29, 1.82) is 0 Å². The van der Waals surface area contributed by atoms with E-state index in [1.807, 2.05) is 0 Å². The lowest BCUT2D eigenvalue weighted by Crippen LogP contribution is -2.14. The van der Waals surface area contributed by atoms with Gasteiger partial charge in [0.15, 0.2) is 0 Å². The van der Waals surface area contributed by atoms with Crippen LogP contribution in [0.25, 0.3) is 54.6 Å². The molecule has 6 aromatic rings. The van der Waals surface area contributed by atoms with Crippen LogP contribution in [0.3, 0.4) is 0 Å². The smallest absolute Gasteiger partial charge is 0.0159 e. The summed E-state index contributed by atoms with van der Waals surface area (Å²) >= 11 is 0. The SMILES string of the molecule is Cc1c2ccccc2c(-c2cccc3ccccc23)c2cc3c(cc12)C(C)(C)c1ccccc1-3. The zero-order chi connectivity index (χ0) is 23.0. The van der Waals surface area contributed by atoms with Gasteiger partial charge in [0, 0.05) is 5.41 Å². The molecule has 0 heterocycles. The van der Waals surface area contributed by atoms with E-state index >= 15 is 0 Å². The molecule has 0 nitrogen and oxygen atoms in total. The second kappa shape index (κ2) is 6.81. The van der Waals surface area contributed by atoms with Gasteiger partial charge in [0.1, 0.15) is 0 Å². The van der Waals surface area contributed by atoms with Crippen molar-refractivity contribution in [3.05, 3.63) is 120 Å². The van der Waals surface area contributed by atoms with Gasteiger partial charge in [-0.15, -0.1) is 0 Å². The molecule has 162 valence electrons. The van der Waals surface area contributed by atoms with Crippen LogP contribution in [0.1, 0.15) is 30.5 Å². The summed E-state index contributed by atoms with van der Waals surface area (Å²) in [4.78, 5) is 0. The van der Waals surface area contributed by atoms with E-state index in [-0.39, 0.29) is 5.41 Å². The zero-order valence-corrected chi connectivity index (χ0v) is 19.8. The van der Waals surface area contributed by atoms with Gasteiger partial charge in [-0.1, -0.05) is 105 Å². The molecule has 0 saturated carbocycles. The maximum Gasteiger partial charge on any atom is 0.0159 e. The first-order chi connectivity index (χ1) is 16.6. The highest BCUT2D eigenvalue weighted by Gasteiger charge is 2.35. The molecule has 0 heteroatoms. The predicted molar refractivity (Wildman–Crippen MR) is 147 cm³/mol. The molecule has 1 aliphatic rings. The second-order valence-electron chi connectivity index (χ2n) is 10.2. The van der Waals surface area contributed by atoms with Gasteiger partial charge < -0.3 is 0 Å². The van der Waals surface area contributed by atoms with Gasteiger partial charge in [0.25, 0.3) is 0 Å². The van der Waals surface area contributed by atoms with Gasteiger partial charge in [-0.25, -0.2) is 0 Å². The summed E-state index contributed by atoms with van der Waals surface area (Å²) in [7, 11) is 0. The maximum atomic E-state index is 2.49. The first-order valence-corrected chi connectivity index (χ1v) is 12.1. The number of fused-ring (bicyclic) bond motifs is 6. The summed E-state index contributed by atoms with van der Waals surface area (Å²) in [5, 5.41) is 7.97. The molecular formula is C34H26. The van der Waals surface area contributed by atoms with Crippen LogP contribution in [-0.4, -0.2) is 0 Å². The molecule has 0 aliphatic heterocycles. The molecule has 0 atom stereocenters. The summed E-state index contributed by atoms with van der Waals surface area (Å²) in [5.41, 5.74) is 9.63. The third-order valence-electron chi connectivity index (χ3n) is 8.05. The van der Waals surface area contributed by atoms with Crippen LogP contribution in [0.4, 0.5) is 0 Å². The average Bonchev–Trinajstić information content (AvgIpc) is 3.10. The number of hydrogen-bond donors (Lipinski definition) is 0. The Morgan fingerprint density at radius 1 is 0.471 bits per heavy atom. The quantitative estimate of drug-likeness (QED) is 0.226. The van der Waals surface area contributed by atoms with E-state index in [2.05, 4.69) is 124 Å². The van der Waals surface area contributed by atoms with Crippen LogP contribution in [0.15, 0.2) is 103 Å². The summed E-state index contributed by atoms with van der Waals surface area (Å²) in [6.45, 7) is 7.02. The molecule has 0 spiro atoms. The molecule has 1 aliphatic carbocycles. The normalized spacial score (nSPS) is 14.0. The Labute approximate surface area is 200 Å². The molecule has 0 fully saturated rings. The Kier molecular flexibility index (Phi) is 3.92. The monoisotopic (exact) mass is 434 g/mol. The first-order valence-electron chi connectivity index (χ1n) is 12.1. The minimum absolute atomic E-state index is 0.00217. The fraction of sp³-hybridized carbons (Fsp3) is 0.118. The van der Waals surface area contributed by atoms with Crippen molar-refractivity contribution in [2.45, 2.75) is 26.2 Å². The number of rotatable bonds is 1. The molecule has 0 unspecified atom stereocenters.